The van der Waals surface area contributed by atoms with Gasteiger partial charge in [0.15, 0.2) is 6.04 Å². The molecule has 0 saturated heterocycles. The van der Waals surface area contributed by atoms with Crippen molar-refractivity contribution in [1.82, 2.24) is 4.90 Å². The Bertz CT molecular complexity index is 625. The molecule has 4 nitrogen and oxygen atoms in total. The zero-order chi connectivity index (χ0) is 15.9. The summed E-state index contributed by atoms with van der Waals surface area (Å²) in [6, 6.07) is 18.0. The molecular formula is C18H19NO3. The van der Waals surface area contributed by atoms with Gasteiger partial charge in [-0.3, -0.25) is 4.79 Å². The Hall–Kier alpha value is -2.62. The van der Waals surface area contributed by atoms with Crippen molar-refractivity contribution in [3.63, 3.8) is 0 Å². The lowest BCUT2D eigenvalue weighted by atomic mass is 10.0. The van der Waals surface area contributed by atoms with E-state index >= 15 is 0 Å². The third-order valence-corrected chi connectivity index (χ3v) is 3.45. The first kappa shape index (κ1) is 15.8. The number of hydrogen-bond acceptors (Lipinski definition) is 3. The van der Waals surface area contributed by atoms with Crippen molar-refractivity contribution in [3.05, 3.63) is 71.8 Å². The highest BCUT2D eigenvalue weighted by Crippen LogP contribution is 2.24. The van der Waals surface area contributed by atoms with Crippen LogP contribution in [0.25, 0.3) is 0 Å². The van der Waals surface area contributed by atoms with E-state index in [0.29, 0.717) is 6.54 Å². The van der Waals surface area contributed by atoms with Crippen LogP contribution in [0, 0.1) is 0 Å². The predicted molar refractivity (Wildman–Crippen MR) is 83.9 cm³/mol. The standard InChI is InChI=1S/C18H19NO3/c1-14(20)19(13-15-9-5-3-6-10-15)17(18(21)22-2)16-11-7-4-8-12-16/h3-12,17H,13H2,1-2H3. The molecule has 22 heavy (non-hydrogen) atoms. The van der Waals surface area contributed by atoms with Gasteiger partial charge in [0, 0.05) is 13.5 Å². The summed E-state index contributed by atoms with van der Waals surface area (Å²) in [5.41, 5.74) is 1.70. The molecule has 1 amide bonds. The molecule has 2 aromatic rings. The third-order valence-electron chi connectivity index (χ3n) is 3.45. The van der Waals surface area contributed by atoms with E-state index in [9.17, 15) is 9.59 Å². The molecule has 0 heterocycles. The quantitative estimate of drug-likeness (QED) is 0.797. The summed E-state index contributed by atoms with van der Waals surface area (Å²) in [7, 11) is 1.33. The van der Waals surface area contributed by atoms with Crippen molar-refractivity contribution in [3.8, 4) is 0 Å². The van der Waals surface area contributed by atoms with Crippen molar-refractivity contribution in [1.29, 1.82) is 0 Å². The van der Waals surface area contributed by atoms with Gasteiger partial charge in [-0.1, -0.05) is 60.7 Å². The average molecular weight is 297 g/mol. The maximum absolute atomic E-state index is 12.2. The van der Waals surface area contributed by atoms with Gasteiger partial charge in [0.2, 0.25) is 5.91 Å². The van der Waals surface area contributed by atoms with E-state index in [1.54, 1.807) is 0 Å². The lowest BCUT2D eigenvalue weighted by molar-refractivity contribution is -0.153. The highest BCUT2D eigenvalue weighted by atomic mass is 16.5. The number of carbonyl (C=O) groups excluding carboxylic acids is 2. The van der Waals surface area contributed by atoms with Crippen LogP contribution in [0.2, 0.25) is 0 Å². The summed E-state index contributed by atoms with van der Waals surface area (Å²) in [6.45, 7) is 1.81. The van der Waals surface area contributed by atoms with Crippen molar-refractivity contribution >= 4 is 11.9 Å². The summed E-state index contributed by atoms with van der Waals surface area (Å²) in [4.78, 5) is 25.9. The first-order valence-electron chi connectivity index (χ1n) is 7.07. The fourth-order valence-corrected chi connectivity index (χ4v) is 2.35. The fraction of sp³-hybridized carbons (Fsp3) is 0.222. The van der Waals surface area contributed by atoms with Crippen molar-refractivity contribution in [2.45, 2.75) is 19.5 Å². The van der Waals surface area contributed by atoms with Crippen molar-refractivity contribution < 1.29 is 14.3 Å². The van der Waals surface area contributed by atoms with Crippen LogP contribution in [0.3, 0.4) is 0 Å². The van der Waals surface area contributed by atoms with Crippen LogP contribution in [-0.2, 0) is 20.9 Å². The molecular weight excluding hydrogens is 278 g/mol. The Balaban J connectivity index is 2.37. The highest BCUT2D eigenvalue weighted by Gasteiger charge is 2.30. The van der Waals surface area contributed by atoms with Crippen LogP contribution >= 0.6 is 0 Å². The Morgan fingerprint density at radius 3 is 2.05 bits per heavy atom. The Morgan fingerprint density at radius 2 is 1.55 bits per heavy atom. The van der Waals surface area contributed by atoms with E-state index < -0.39 is 12.0 Å². The van der Waals surface area contributed by atoms with Gasteiger partial charge >= 0.3 is 5.97 Å². The van der Waals surface area contributed by atoms with Crippen molar-refractivity contribution in [2.24, 2.45) is 0 Å². The molecule has 0 aliphatic heterocycles. The Morgan fingerprint density at radius 1 is 1.00 bits per heavy atom. The molecule has 0 spiro atoms. The number of rotatable bonds is 5. The summed E-state index contributed by atoms with van der Waals surface area (Å²) in [5, 5.41) is 0. The van der Waals surface area contributed by atoms with E-state index in [2.05, 4.69) is 0 Å². The fourth-order valence-electron chi connectivity index (χ4n) is 2.35. The van der Waals surface area contributed by atoms with Gasteiger partial charge in [-0.15, -0.1) is 0 Å². The Labute approximate surface area is 130 Å². The molecule has 0 saturated carbocycles. The monoisotopic (exact) mass is 297 g/mol. The lowest BCUT2D eigenvalue weighted by Gasteiger charge is -2.29. The van der Waals surface area contributed by atoms with E-state index in [4.69, 9.17) is 4.74 Å². The molecule has 0 bridgehead atoms. The number of hydrogen-bond donors (Lipinski definition) is 0. The van der Waals surface area contributed by atoms with Crippen molar-refractivity contribution in [2.75, 3.05) is 7.11 Å². The van der Waals surface area contributed by atoms with Crippen LogP contribution in [0.5, 0.6) is 0 Å². The largest absolute Gasteiger partial charge is 0.467 e. The number of benzene rings is 2. The smallest absolute Gasteiger partial charge is 0.333 e. The minimum absolute atomic E-state index is 0.178. The van der Waals surface area contributed by atoms with Crippen LogP contribution in [-0.4, -0.2) is 23.9 Å². The maximum Gasteiger partial charge on any atom is 0.333 e. The maximum atomic E-state index is 12.2. The highest BCUT2D eigenvalue weighted by molar-refractivity contribution is 5.84. The number of carbonyl (C=O) groups is 2. The molecule has 0 aromatic heterocycles. The molecule has 114 valence electrons. The second kappa shape index (κ2) is 7.41. The average Bonchev–Trinajstić information content (AvgIpc) is 2.55. The molecule has 0 N–H and O–H groups in total. The number of ether oxygens (including phenoxy) is 1. The summed E-state index contributed by atoms with van der Waals surface area (Å²) in [5.74, 6) is -0.625. The lowest BCUT2D eigenvalue weighted by Crippen LogP contribution is -2.37. The molecule has 0 aliphatic rings. The van der Waals surface area contributed by atoms with E-state index in [0.717, 1.165) is 11.1 Å². The topological polar surface area (TPSA) is 46.6 Å². The van der Waals surface area contributed by atoms with E-state index in [1.807, 2.05) is 60.7 Å². The molecule has 4 heteroatoms. The van der Waals surface area contributed by atoms with Gasteiger partial charge in [0.1, 0.15) is 0 Å². The van der Waals surface area contributed by atoms with Crippen LogP contribution in [0.15, 0.2) is 60.7 Å². The molecule has 2 aromatic carbocycles. The zero-order valence-corrected chi connectivity index (χ0v) is 12.7. The summed E-state index contributed by atoms with van der Waals surface area (Å²) in [6.07, 6.45) is 0. The van der Waals surface area contributed by atoms with E-state index in [1.165, 1.54) is 18.9 Å². The third kappa shape index (κ3) is 3.73. The van der Waals surface area contributed by atoms with Gasteiger partial charge in [0.05, 0.1) is 7.11 Å². The van der Waals surface area contributed by atoms with Crippen LogP contribution in [0.4, 0.5) is 0 Å². The Kier molecular flexibility index (Phi) is 5.31. The van der Waals surface area contributed by atoms with Crippen LogP contribution in [0.1, 0.15) is 24.1 Å². The van der Waals surface area contributed by atoms with Gasteiger partial charge in [-0.2, -0.15) is 0 Å². The number of amides is 1. The second-order valence-corrected chi connectivity index (χ2v) is 4.97. The number of esters is 1. The summed E-state index contributed by atoms with van der Waals surface area (Å²) < 4.78 is 4.90. The molecule has 0 radical (unpaired) electrons. The minimum atomic E-state index is -0.746. The summed E-state index contributed by atoms with van der Waals surface area (Å²) >= 11 is 0. The van der Waals surface area contributed by atoms with Crippen LogP contribution < -0.4 is 0 Å². The van der Waals surface area contributed by atoms with Gasteiger partial charge in [-0.05, 0) is 11.1 Å². The zero-order valence-electron chi connectivity index (χ0n) is 12.7. The molecule has 1 unspecified atom stereocenters. The molecule has 0 fully saturated rings. The van der Waals surface area contributed by atoms with Gasteiger partial charge in [-0.25, -0.2) is 4.79 Å². The predicted octanol–water partition coefficient (Wildman–Crippen LogP) is 2.95. The first-order valence-corrected chi connectivity index (χ1v) is 7.07. The minimum Gasteiger partial charge on any atom is -0.467 e. The van der Waals surface area contributed by atoms with Gasteiger partial charge < -0.3 is 9.64 Å². The normalized spacial score (nSPS) is 11.5. The number of nitrogens with zero attached hydrogens (tertiary/aromatic N) is 1. The SMILES string of the molecule is COC(=O)C(c1ccccc1)N(Cc1ccccc1)C(C)=O. The first-order chi connectivity index (χ1) is 10.6. The number of methoxy groups -OCH3 is 1. The molecule has 1 atom stereocenters. The van der Waals surface area contributed by atoms with Gasteiger partial charge in [0.25, 0.3) is 0 Å². The second-order valence-electron chi connectivity index (χ2n) is 4.97. The van der Waals surface area contributed by atoms with E-state index in [-0.39, 0.29) is 5.91 Å². The molecule has 2 rings (SSSR count). The molecule has 0 aliphatic carbocycles.